The van der Waals surface area contributed by atoms with E-state index < -0.39 is 5.54 Å². The maximum absolute atomic E-state index is 8.87. The van der Waals surface area contributed by atoms with Gasteiger partial charge in [0.1, 0.15) is 5.54 Å². The zero-order valence-corrected chi connectivity index (χ0v) is 10.7. The highest BCUT2D eigenvalue weighted by Crippen LogP contribution is 2.12. The maximum Gasteiger partial charge on any atom is 0.104 e. The summed E-state index contributed by atoms with van der Waals surface area (Å²) < 4.78 is 10.8. The Morgan fingerprint density at radius 1 is 1.44 bits per heavy atom. The molecule has 16 heavy (non-hydrogen) atoms. The van der Waals surface area contributed by atoms with Crippen LogP contribution in [-0.2, 0) is 9.47 Å². The molecule has 0 aliphatic heterocycles. The van der Waals surface area contributed by atoms with Crippen molar-refractivity contribution in [3.63, 3.8) is 0 Å². The van der Waals surface area contributed by atoms with Crippen LogP contribution in [0.1, 0.15) is 40.0 Å². The van der Waals surface area contributed by atoms with Crippen LogP contribution in [0.15, 0.2) is 0 Å². The van der Waals surface area contributed by atoms with E-state index in [1.165, 1.54) is 0 Å². The first-order valence-corrected chi connectivity index (χ1v) is 5.97. The lowest BCUT2D eigenvalue weighted by Crippen LogP contribution is -2.37. The van der Waals surface area contributed by atoms with Gasteiger partial charge in [-0.25, -0.2) is 0 Å². The summed E-state index contributed by atoms with van der Waals surface area (Å²) in [4.78, 5) is 0. The summed E-state index contributed by atoms with van der Waals surface area (Å²) in [5.41, 5.74) is 5.16. The van der Waals surface area contributed by atoms with E-state index in [0.717, 1.165) is 6.42 Å². The Hall–Kier alpha value is -0.630. The summed E-state index contributed by atoms with van der Waals surface area (Å²) in [6.07, 6.45) is 2.28. The molecule has 0 saturated heterocycles. The number of nitrogens with two attached hydrogens (primary N) is 1. The van der Waals surface area contributed by atoms with Gasteiger partial charge in [0.05, 0.1) is 18.8 Å². The second kappa shape index (κ2) is 8.51. The van der Waals surface area contributed by atoms with Crippen LogP contribution in [-0.4, -0.2) is 31.5 Å². The minimum atomic E-state index is -0.688. The van der Waals surface area contributed by atoms with E-state index >= 15 is 0 Å². The summed E-state index contributed by atoms with van der Waals surface area (Å²) >= 11 is 0. The van der Waals surface area contributed by atoms with Gasteiger partial charge in [-0.15, -0.1) is 0 Å². The molecule has 0 aromatic heterocycles. The standard InChI is InChI=1S/C12H24N2O2/c1-4-12(14,10-13)7-6-8-16-11(3)9-15-5-2/h11H,4-9,14H2,1-3H3. The van der Waals surface area contributed by atoms with Crippen LogP contribution in [0.25, 0.3) is 0 Å². The van der Waals surface area contributed by atoms with Crippen molar-refractivity contribution in [2.24, 2.45) is 5.73 Å². The number of nitriles is 1. The summed E-state index contributed by atoms with van der Waals surface area (Å²) in [6, 6.07) is 2.15. The van der Waals surface area contributed by atoms with Crippen LogP contribution < -0.4 is 5.73 Å². The van der Waals surface area contributed by atoms with Gasteiger partial charge in [0.2, 0.25) is 0 Å². The van der Waals surface area contributed by atoms with E-state index in [1.54, 1.807) is 0 Å². The van der Waals surface area contributed by atoms with Gasteiger partial charge in [0, 0.05) is 13.2 Å². The third-order valence-corrected chi connectivity index (χ3v) is 2.58. The van der Waals surface area contributed by atoms with Crippen molar-refractivity contribution in [3.05, 3.63) is 0 Å². The van der Waals surface area contributed by atoms with Gasteiger partial charge in [-0.3, -0.25) is 0 Å². The average molecular weight is 228 g/mol. The molecule has 0 saturated carbocycles. The zero-order chi connectivity index (χ0) is 12.4. The Morgan fingerprint density at radius 3 is 2.62 bits per heavy atom. The van der Waals surface area contributed by atoms with Gasteiger partial charge in [-0.05, 0) is 33.1 Å². The fraction of sp³-hybridized carbons (Fsp3) is 0.917. The van der Waals surface area contributed by atoms with Gasteiger partial charge in [-0.1, -0.05) is 6.92 Å². The van der Waals surface area contributed by atoms with E-state index in [0.29, 0.717) is 32.7 Å². The fourth-order valence-corrected chi connectivity index (χ4v) is 1.32. The molecule has 0 bridgehead atoms. The molecule has 0 aromatic carbocycles. The molecule has 0 aliphatic rings. The van der Waals surface area contributed by atoms with Crippen molar-refractivity contribution in [2.45, 2.75) is 51.7 Å². The highest BCUT2D eigenvalue weighted by molar-refractivity contribution is 5.03. The van der Waals surface area contributed by atoms with Crippen LogP contribution in [0.3, 0.4) is 0 Å². The fourth-order valence-electron chi connectivity index (χ4n) is 1.32. The third-order valence-electron chi connectivity index (χ3n) is 2.58. The minimum absolute atomic E-state index is 0.107. The largest absolute Gasteiger partial charge is 0.379 e. The molecule has 2 atom stereocenters. The van der Waals surface area contributed by atoms with E-state index in [2.05, 4.69) is 6.07 Å². The van der Waals surface area contributed by atoms with Gasteiger partial charge < -0.3 is 15.2 Å². The lowest BCUT2D eigenvalue weighted by atomic mass is 9.94. The van der Waals surface area contributed by atoms with Crippen molar-refractivity contribution in [2.75, 3.05) is 19.8 Å². The van der Waals surface area contributed by atoms with Crippen LogP contribution >= 0.6 is 0 Å². The lowest BCUT2D eigenvalue weighted by molar-refractivity contribution is -0.00530. The highest BCUT2D eigenvalue weighted by atomic mass is 16.5. The maximum atomic E-state index is 8.87. The van der Waals surface area contributed by atoms with Gasteiger partial charge in [0.25, 0.3) is 0 Å². The molecule has 0 rings (SSSR count). The van der Waals surface area contributed by atoms with E-state index in [-0.39, 0.29) is 6.10 Å². The average Bonchev–Trinajstić information content (AvgIpc) is 2.31. The predicted octanol–water partition coefficient (Wildman–Crippen LogP) is 1.84. The quantitative estimate of drug-likeness (QED) is 0.611. The Labute approximate surface area is 98.7 Å². The molecule has 0 aromatic rings. The lowest BCUT2D eigenvalue weighted by Gasteiger charge is -2.19. The molecular formula is C12H24N2O2. The van der Waals surface area contributed by atoms with Crippen LogP contribution in [0.5, 0.6) is 0 Å². The van der Waals surface area contributed by atoms with Crippen molar-refractivity contribution in [1.82, 2.24) is 0 Å². The van der Waals surface area contributed by atoms with E-state index in [9.17, 15) is 0 Å². The highest BCUT2D eigenvalue weighted by Gasteiger charge is 2.21. The molecule has 4 nitrogen and oxygen atoms in total. The molecule has 4 heteroatoms. The monoisotopic (exact) mass is 228 g/mol. The molecule has 0 aliphatic carbocycles. The molecular weight excluding hydrogens is 204 g/mol. The molecule has 94 valence electrons. The normalized spacial score (nSPS) is 16.4. The third kappa shape index (κ3) is 6.78. The second-order valence-corrected chi connectivity index (χ2v) is 4.07. The topological polar surface area (TPSA) is 68.3 Å². The first kappa shape index (κ1) is 15.4. The Morgan fingerprint density at radius 2 is 2.12 bits per heavy atom. The molecule has 0 amide bonds. The summed E-state index contributed by atoms with van der Waals surface area (Å²) in [5, 5.41) is 8.87. The molecule has 0 spiro atoms. The van der Waals surface area contributed by atoms with Crippen molar-refractivity contribution in [3.8, 4) is 6.07 Å². The minimum Gasteiger partial charge on any atom is -0.379 e. The van der Waals surface area contributed by atoms with Gasteiger partial charge >= 0.3 is 0 Å². The number of rotatable bonds is 9. The van der Waals surface area contributed by atoms with Crippen LogP contribution in [0.2, 0.25) is 0 Å². The molecule has 2 N–H and O–H groups in total. The van der Waals surface area contributed by atoms with E-state index in [4.69, 9.17) is 20.5 Å². The second-order valence-electron chi connectivity index (χ2n) is 4.07. The smallest absolute Gasteiger partial charge is 0.104 e. The zero-order valence-electron chi connectivity index (χ0n) is 10.7. The number of ether oxygens (including phenoxy) is 2. The number of hydrogen-bond donors (Lipinski definition) is 1. The van der Waals surface area contributed by atoms with E-state index in [1.807, 2.05) is 20.8 Å². The predicted molar refractivity (Wildman–Crippen MR) is 64.0 cm³/mol. The van der Waals surface area contributed by atoms with Gasteiger partial charge in [0.15, 0.2) is 0 Å². The summed E-state index contributed by atoms with van der Waals surface area (Å²) in [7, 11) is 0. The van der Waals surface area contributed by atoms with Crippen molar-refractivity contribution < 1.29 is 9.47 Å². The number of nitrogens with zero attached hydrogens (tertiary/aromatic N) is 1. The number of hydrogen-bond acceptors (Lipinski definition) is 4. The Balaban J connectivity index is 3.56. The first-order chi connectivity index (χ1) is 7.58. The van der Waals surface area contributed by atoms with Gasteiger partial charge in [-0.2, -0.15) is 5.26 Å². The Bertz CT molecular complexity index is 216. The SMILES string of the molecule is CCOCC(C)OCCCC(N)(C#N)CC. The first-order valence-electron chi connectivity index (χ1n) is 5.97. The Kier molecular flexibility index (Phi) is 8.18. The molecule has 0 heterocycles. The summed E-state index contributed by atoms with van der Waals surface area (Å²) in [5.74, 6) is 0. The molecule has 0 fully saturated rings. The van der Waals surface area contributed by atoms with Crippen molar-refractivity contribution >= 4 is 0 Å². The molecule has 2 unspecified atom stereocenters. The van der Waals surface area contributed by atoms with Crippen molar-refractivity contribution in [1.29, 1.82) is 5.26 Å². The molecule has 0 radical (unpaired) electrons. The van der Waals surface area contributed by atoms with Crippen LogP contribution in [0, 0.1) is 11.3 Å². The van der Waals surface area contributed by atoms with Crippen LogP contribution in [0.4, 0.5) is 0 Å². The summed E-state index contributed by atoms with van der Waals surface area (Å²) in [6.45, 7) is 7.84.